The number of rotatable bonds is 9. The van der Waals surface area contributed by atoms with Crippen LogP contribution in [-0.2, 0) is 16.0 Å². The summed E-state index contributed by atoms with van der Waals surface area (Å²) < 4.78 is 5.14. The lowest BCUT2D eigenvalue weighted by molar-refractivity contribution is -0.131. The molecule has 0 unspecified atom stereocenters. The van der Waals surface area contributed by atoms with Gasteiger partial charge in [-0.2, -0.15) is 0 Å². The van der Waals surface area contributed by atoms with Crippen LogP contribution in [0.3, 0.4) is 0 Å². The molecule has 0 saturated heterocycles. The summed E-state index contributed by atoms with van der Waals surface area (Å²) in [5, 5.41) is 10.3. The molecule has 3 rings (SSSR count). The van der Waals surface area contributed by atoms with Gasteiger partial charge >= 0.3 is 0 Å². The minimum Gasteiger partial charge on any atom is -0.497 e. The number of thioether (sulfide) groups is 1. The average molecular weight is 440 g/mol. The molecular formula is C22H25N5O3S. The van der Waals surface area contributed by atoms with Crippen molar-refractivity contribution in [3.8, 4) is 17.1 Å². The van der Waals surface area contributed by atoms with Gasteiger partial charge in [-0.3, -0.25) is 14.7 Å². The molecule has 9 heteroatoms. The number of carbonyl (C=O) groups is 2. The van der Waals surface area contributed by atoms with E-state index in [9.17, 15) is 9.59 Å². The lowest BCUT2D eigenvalue weighted by atomic mass is 10.1. The SMILES string of the molecule is CCc1ccc(-c2nc(SCC(=O)N(C)CC(=O)Nc3cccc(OC)c3)n[nH]2)cc1. The Morgan fingerprint density at radius 1 is 1.19 bits per heavy atom. The van der Waals surface area contributed by atoms with Crippen LogP contribution in [0.2, 0.25) is 0 Å². The van der Waals surface area contributed by atoms with Gasteiger partial charge in [-0.1, -0.05) is 49.0 Å². The summed E-state index contributed by atoms with van der Waals surface area (Å²) in [4.78, 5) is 30.4. The number of carbonyl (C=O) groups excluding carboxylic acids is 2. The fourth-order valence-corrected chi connectivity index (χ4v) is 3.52. The minimum absolute atomic E-state index is 0.0559. The van der Waals surface area contributed by atoms with Gasteiger partial charge in [0.1, 0.15) is 5.75 Å². The number of nitrogens with one attached hydrogen (secondary N) is 2. The molecule has 1 heterocycles. The van der Waals surface area contributed by atoms with Gasteiger partial charge in [-0.15, -0.1) is 5.10 Å². The maximum absolute atomic E-state index is 12.4. The molecule has 0 aliphatic rings. The Balaban J connectivity index is 1.48. The van der Waals surface area contributed by atoms with E-state index in [-0.39, 0.29) is 24.1 Å². The molecule has 2 aromatic carbocycles. The van der Waals surface area contributed by atoms with Gasteiger partial charge in [0, 0.05) is 24.4 Å². The van der Waals surface area contributed by atoms with Gasteiger partial charge in [0.15, 0.2) is 5.82 Å². The molecule has 2 N–H and O–H groups in total. The smallest absolute Gasteiger partial charge is 0.243 e. The topological polar surface area (TPSA) is 100 Å². The van der Waals surface area contributed by atoms with Gasteiger partial charge < -0.3 is 15.0 Å². The Labute approximate surface area is 185 Å². The van der Waals surface area contributed by atoms with E-state index in [4.69, 9.17) is 4.74 Å². The monoisotopic (exact) mass is 439 g/mol. The highest BCUT2D eigenvalue weighted by Gasteiger charge is 2.15. The molecule has 31 heavy (non-hydrogen) atoms. The molecular weight excluding hydrogens is 414 g/mol. The number of hydrogen-bond donors (Lipinski definition) is 2. The first kappa shape index (κ1) is 22.4. The number of hydrogen-bond acceptors (Lipinski definition) is 6. The molecule has 0 radical (unpaired) electrons. The Morgan fingerprint density at radius 3 is 2.68 bits per heavy atom. The number of aromatic nitrogens is 3. The molecule has 0 aliphatic carbocycles. The second-order valence-corrected chi connectivity index (χ2v) is 7.78. The largest absolute Gasteiger partial charge is 0.497 e. The van der Waals surface area contributed by atoms with Crippen molar-refractivity contribution in [3.05, 3.63) is 54.1 Å². The second-order valence-electron chi connectivity index (χ2n) is 6.84. The first-order valence-corrected chi connectivity index (χ1v) is 10.8. The molecule has 0 bridgehead atoms. The predicted octanol–water partition coefficient (Wildman–Crippen LogP) is 3.23. The van der Waals surface area contributed by atoms with Crippen LogP contribution >= 0.6 is 11.8 Å². The molecule has 1 aromatic heterocycles. The zero-order valence-electron chi connectivity index (χ0n) is 17.7. The third-order valence-corrected chi connectivity index (χ3v) is 5.42. The van der Waals surface area contributed by atoms with E-state index >= 15 is 0 Å². The van der Waals surface area contributed by atoms with Crippen LogP contribution in [0.5, 0.6) is 5.75 Å². The summed E-state index contributed by atoms with van der Waals surface area (Å²) in [5.41, 5.74) is 2.80. The average Bonchev–Trinajstić information content (AvgIpc) is 3.26. The van der Waals surface area contributed by atoms with Gasteiger partial charge in [0.25, 0.3) is 0 Å². The maximum Gasteiger partial charge on any atom is 0.243 e. The highest BCUT2D eigenvalue weighted by Crippen LogP contribution is 2.20. The van der Waals surface area contributed by atoms with E-state index in [1.54, 1.807) is 38.4 Å². The summed E-state index contributed by atoms with van der Waals surface area (Å²) in [6.07, 6.45) is 0.977. The van der Waals surface area contributed by atoms with Crippen molar-refractivity contribution in [3.63, 3.8) is 0 Å². The molecule has 0 aliphatic heterocycles. The lowest BCUT2D eigenvalue weighted by Crippen LogP contribution is -2.35. The highest BCUT2D eigenvalue weighted by molar-refractivity contribution is 7.99. The number of likely N-dealkylation sites (N-methyl/N-ethyl adjacent to an activating group) is 1. The fraction of sp³-hybridized carbons (Fsp3) is 0.273. The predicted molar refractivity (Wildman–Crippen MR) is 121 cm³/mol. The van der Waals surface area contributed by atoms with Gasteiger partial charge in [-0.25, -0.2) is 4.98 Å². The summed E-state index contributed by atoms with van der Waals surface area (Å²) >= 11 is 1.22. The number of amides is 2. The van der Waals surface area contributed by atoms with Crippen molar-refractivity contribution in [1.82, 2.24) is 20.1 Å². The van der Waals surface area contributed by atoms with E-state index in [2.05, 4.69) is 39.6 Å². The summed E-state index contributed by atoms with van der Waals surface area (Å²) in [5.74, 6) is 0.957. The number of methoxy groups -OCH3 is 1. The Hall–Kier alpha value is -3.33. The van der Waals surface area contributed by atoms with Gasteiger partial charge in [0.05, 0.1) is 19.4 Å². The first-order chi connectivity index (χ1) is 15.0. The quantitative estimate of drug-likeness (QED) is 0.497. The van der Waals surface area contributed by atoms with Crippen LogP contribution in [0.1, 0.15) is 12.5 Å². The number of anilines is 1. The number of benzene rings is 2. The minimum atomic E-state index is -0.287. The third-order valence-electron chi connectivity index (χ3n) is 4.59. The van der Waals surface area contributed by atoms with Crippen molar-refractivity contribution < 1.29 is 14.3 Å². The summed E-state index contributed by atoms with van der Waals surface area (Å²) in [6, 6.07) is 15.1. The number of aryl methyl sites for hydroxylation is 1. The lowest BCUT2D eigenvalue weighted by Gasteiger charge is -2.16. The van der Waals surface area contributed by atoms with Crippen molar-refractivity contribution in [2.75, 3.05) is 31.8 Å². The number of aromatic amines is 1. The van der Waals surface area contributed by atoms with Crippen LogP contribution < -0.4 is 10.1 Å². The molecule has 3 aromatic rings. The molecule has 0 fully saturated rings. The van der Waals surface area contributed by atoms with E-state index < -0.39 is 0 Å². The summed E-state index contributed by atoms with van der Waals surface area (Å²) in [7, 11) is 3.15. The van der Waals surface area contributed by atoms with Crippen LogP contribution in [-0.4, -0.2) is 58.4 Å². The van der Waals surface area contributed by atoms with Crippen LogP contribution in [0.15, 0.2) is 53.7 Å². The van der Waals surface area contributed by atoms with Crippen molar-refractivity contribution >= 4 is 29.3 Å². The van der Waals surface area contributed by atoms with E-state index in [0.29, 0.717) is 22.4 Å². The number of ether oxygens (including phenoxy) is 1. The zero-order valence-corrected chi connectivity index (χ0v) is 18.5. The Morgan fingerprint density at radius 2 is 1.97 bits per heavy atom. The molecule has 0 spiro atoms. The standard InChI is InChI=1S/C22H25N5O3S/c1-4-15-8-10-16(11-9-15)21-24-22(26-25-21)31-14-20(29)27(2)13-19(28)23-17-6-5-7-18(12-17)30-3/h5-12H,4,13-14H2,1-3H3,(H,23,28)(H,24,25,26). The molecule has 162 valence electrons. The van der Waals surface area contributed by atoms with E-state index in [0.717, 1.165) is 12.0 Å². The molecule has 8 nitrogen and oxygen atoms in total. The molecule has 0 atom stereocenters. The van der Waals surface area contributed by atoms with E-state index in [1.165, 1.54) is 22.2 Å². The van der Waals surface area contributed by atoms with Crippen molar-refractivity contribution in [2.45, 2.75) is 18.5 Å². The van der Waals surface area contributed by atoms with Gasteiger partial charge in [0.2, 0.25) is 17.0 Å². The normalized spacial score (nSPS) is 10.5. The Kier molecular flexibility index (Phi) is 7.66. The van der Waals surface area contributed by atoms with Crippen molar-refractivity contribution in [2.24, 2.45) is 0 Å². The highest BCUT2D eigenvalue weighted by atomic mass is 32.2. The zero-order chi connectivity index (χ0) is 22.2. The Bertz CT molecular complexity index is 1040. The van der Waals surface area contributed by atoms with Crippen LogP contribution in [0.25, 0.3) is 11.4 Å². The molecule has 0 saturated carbocycles. The maximum atomic E-state index is 12.4. The fourth-order valence-electron chi connectivity index (χ4n) is 2.78. The van der Waals surface area contributed by atoms with Crippen molar-refractivity contribution in [1.29, 1.82) is 0 Å². The van der Waals surface area contributed by atoms with Gasteiger partial charge in [-0.05, 0) is 24.1 Å². The van der Waals surface area contributed by atoms with E-state index in [1.807, 2.05) is 12.1 Å². The third kappa shape index (κ3) is 6.32. The van der Waals surface area contributed by atoms with Crippen LogP contribution in [0.4, 0.5) is 5.69 Å². The summed E-state index contributed by atoms with van der Waals surface area (Å²) in [6.45, 7) is 2.05. The molecule has 2 amide bonds. The first-order valence-electron chi connectivity index (χ1n) is 9.81. The van der Waals surface area contributed by atoms with Crippen LogP contribution in [0, 0.1) is 0 Å². The number of nitrogens with zero attached hydrogens (tertiary/aromatic N) is 3. The second kappa shape index (κ2) is 10.6. The number of H-pyrrole nitrogens is 1.